The van der Waals surface area contributed by atoms with Crippen LogP contribution < -0.4 is 5.32 Å². The van der Waals surface area contributed by atoms with Crippen LogP contribution in [0.25, 0.3) is 0 Å². The molecule has 1 aliphatic rings. The average molecular weight is 298 g/mol. The van der Waals surface area contributed by atoms with Gasteiger partial charge < -0.3 is 15.3 Å². The minimum atomic E-state index is -0.845. The summed E-state index contributed by atoms with van der Waals surface area (Å²) in [5.41, 5.74) is -0.845. The number of hydrogen-bond acceptors (Lipinski definition) is 3. The van der Waals surface area contributed by atoms with Crippen LogP contribution in [0.5, 0.6) is 0 Å². The van der Waals surface area contributed by atoms with E-state index in [1.807, 2.05) is 19.0 Å². The van der Waals surface area contributed by atoms with Gasteiger partial charge in [-0.2, -0.15) is 0 Å². The van der Waals surface area contributed by atoms with Gasteiger partial charge >= 0.3 is 5.97 Å². The second kappa shape index (κ2) is 7.78. The normalized spacial score (nSPS) is 19.5. The average Bonchev–Trinajstić information content (AvgIpc) is 2.38. The highest BCUT2D eigenvalue weighted by Gasteiger charge is 2.41. The predicted octanol–water partition coefficient (Wildman–Crippen LogP) is 2.11. The molecule has 1 amide bonds. The molecule has 0 bridgehead atoms. The zero-order valence-corrected chi connectivity index (χ0v) is 13.8. The van der Waals surface area contributed by atoms with E-state index in [1.54, 1.807) is 0 Å². The highest BCUT2D eigenvalue weighted by atomic mass is 16.4. The second-order valence-electron chi connectivity index (χ2n) is 7.00. The van der Waals surface area contributed by atoms with Crippen LogP contribution >= 0.6 is 0 Å². The molecule has 0 aliphatic heterocycles. The molecule has 0 aromatic rings. The number of carbonyl (C=O) groups excluding carboxylic acids is 1. The maximum Gasteiger partial charge on any atom is 0.310 e. The fourth-order valence-corrected chi connectivity index (χ4v) is 3.08. The van der Waals surface area contributed by atoms with Gasteiger partial charge in [0.2, 0.25) is 5.91 Å². The molecule has 0 aromatic carbocycles. The summed E-state index contributed by atoms with van der Waals surface area (Å²) >= 11 is 0. The molecule has 21 heavy (non-hydrogen) atoms. The summed E-state index contributed by atoms with van der Waals surface area (Å²) in [5, 5.41) is 12.6. The summed E-state index contributed by atoms with van der Waals surface area (Å²) in [5.74, 6) is -0.616. The van der Waals surface area contributed by atoms with Gasteiger partial charge in [0, 0.05) is 19.0 Å². The Kier molecular flexibility index (Phi) is 6.65. The van der Waals surface area contributed by atoms with Gasteiger partial charge in [-0.05, 0) is 32.9 Å². The lowest BCUT2D eigenvalue weighted by Gasteiger charge is -2.33. The van der Waals surface area contributed by atoms with E-state index in [9.17, 15) is 14.7 Å². The van der Waals surface area contributed by atoms with Crippen molar-refractivity contribution in [3.8, 4) is 0 Å². The van der Waals surface area contributed by atoms with Crippen LogP contribution in [0.1, 0.15) is 52.4 Å². The number of nitrogens with zero attached hydrogens (tertiary/aromatic N) is 1. The summed E-state index contributed by atoms with van der Waals surface area (Å²) in [4.78, 5) is 26.0. The third-order valence-corrected chi connectivity index (χ3v) is 4.48. The summed E-state index contributed by atoms with van der Waals surface area (Å²) in [6.07, 6.45) is 4.24. The first-order valence-corrected chi connectivity index (χ1v) is 7.94. The van der Waals surface area contributed by atoms with E-state index in [0.29, 0.717) is 18.8 Å². The molecule has 0 spiro atoms. The van der Waals surface area contributed by atoms with Gasteiger partial charge in [0.25, 0.3) is 0 Å². The second-order valence-corrected chi connectivity index (χ2v) is 7.00. The van der Waals surface area contributed by atoms with E-state index >= 15 is 0 Å². The Hall–Kier alpha value is -1.10. The van der Waals surface area contributed by atoms with Gasteiger partial charge in [0.1, 0.15) is 0 Å². The number of carboxylic acids is 1. The number of carbonyl (C=O) groups is 2. The van der Waals surface area contributed by atoms with Crippen molar-refractivity contribution in [2.45, 2.75) is 58.4 Å². The van der Waals surface area contributed by atoms with Crippen molar-refractivity contribution in [2.75, 3.05) is 20.6 Å². The Morgan fingerprint density at radius 2 is 1.76 bits per heavy atom. The molecule has 2 N–H and O–H groups in total. The standard InChI is InChI=1S/C16H30N2O3/c1-12(2)13(11-18(3)4)17-14(19)10-16(15(20)21)8-6-5-7-9-16/h12-13H,5-11H2,1-4H3,(H,17,19)(H,20,21). The van der Waals surface area contributed by atoms with Crippen LogP contribution in [0.15, 0.2) is 0 Å². The molecule has 5 nitrogen and oxygen atoms in total. The van der Waals surface area contributed by atoms with Gasteiger partial charge in [0.05, 0.1) is 5.41 Å². The third-order valence-electron chi connectivity index (χ3n) is 4.48. The quantitative estimate of drug-likeness (QED) is 0.755. The third kappa shape index (κ3) is 5.30. The van der Waals surface area contributed by atoms with Gasteiger partial charge in [0.15, 0.2) is 0 Å². The van der Waals surface area contributed by atoms with Gasteiger partial charge in [-0.3, -0.25) is 9.59 Å². The minimum Gasteiger partial charge on any atom is -0.481 e. The van der Waals surface area contributed by atoms with Crippen molar-refractivity contribution < 1.29 is 14.7 Å². The maximum absolute atomic E-state index is 12.3. The SMILES string of the molecule is CC(C)C(CN(C)C)NC(=O)CC1(C(=O)O)CCCCC1. The molecule has 5 heteroatoms. The molecular formula is C16H30N2O3. The van der Waals surface area contributed by atoms with E-state index in [4.69, 9.17) is 0 Å². The van der Waals surface area contributed by atoms with Crippen molar-refractivity contribution >= 4 is 11.9 Å². The highest BCUT2D eigenvalue weighted by molar-refractivity contribution is 5.85. The molecule has 0 saturated heterocycles. The van der Waals surface area contributed by atoms with Crippen LogP contribution in [0.2, 0.25) is 0 Å². The number of hydrogen-bond donors (Lipinski definition) is 2. The van der Waals surface area contributed by atoms with Crippen LogP contribution in [0.3, 0.4) is 0 Å². The van der Waals surface area contributed by atoms with E-state index < -0.39 is 11.4 Å². The lowest BCUT2D eigenvalue weighted by molar-refractivity contribution is -0.154. The van der Waals surface area contributed by atoms with Crippen molar-refractivity contribution in [2.24, 2.45) is 11.3 Å². The van der Waals surface area contributed by atoms with E-state index in [0.717, 1.165) is 25.8 Å². The van der Waals surface area contributed by atoms with E-state index in [1.165, 1.54) is 0 Å². The molecule has 1 aliphatic carbocycles. The Bertz CT molecular complexity index is 361. The van der Waals surface area contributed by atoms with Crippen LogP contribution in [-0.4, -0.2) is 48.6 Å². The summed E-state index contributed by atoms with van der Waals surface area (Å²) in [6.45, 7) is 4.91. The number of rotatable bonds is 7. The van der Waals surface area contributed by atoms with Crippen molar-refractivity contribution in [1.29, 1.82) is 0 Å². The van der Waals surface area contributed by atoms with Gasteiger partial charge in [-0.15, -0.1) is 0 Å². The van der Waals surface area contributed by atoms with Crippen molar-refractivity contribution in [3.05, 3.63) is 0 Å². The largest absolute Gasteiger partial charge is 0.481 e. The minimum absolute atomic E-state index is 0.0573. The first-order valence-electron chi connectivity index (χ1n) is 7.94. The summed E-state index contributed by atoms with van der Waals surface area (Å²) in [7, 11) is 3.95. The molecule has 1 atom stereocenters. The maximum atomic E-state index is 12.3. The summed E-state index contributed by atoms with van der Waals surface area (Å²) < 4.78 is 0. The predicted molar refractivity (Wildman–Crippen MR) is 83.1 cm³/mol. The molecule has 122 valence electrons. The molecular weight excluding hydrogens is 268 g/mol. The number of nitrogens with one attached hydrogen (secondary N) is 1. The Morgan fingerprint density at radius 3 is 2.19 bits per heavy atom. The molecule has 0 aromatic heterocycles. The monoisotopic (exact) mass is 298 g/mol. The van der Waals surface area contributed by atoms with Crippen molar-refractivity contribution in [3.63, 3.8) is 0 Å². The first-order chi connectivity index (χ1) is 9.77. The van der Waals surface area contributed by atoms with E-state index in [2.05, 4.69) is 19.2 Å². The van der Waals surface area contributed by atoms with Gasteiger partial charge in [-0.25, -0.2) is 0 Å². The lowest BCUT2D eigenvalue weighted by atomic mass is 9.71. The smallest absolute Gasteiger partial charge is 0.310 e. The van der Waals surface area contributed by atoms with Gasteiger partial charge in [-0.1, -0.05) is 33.1 Å². The molecule has 1 unspecified atom stereocenters. The molecule has 1 fully saturated rings. The lowest BCUT2D eigenvalue weighted by Crippen LogP contribution is -2.47. The van der Waals surface area contributed by atoms with Crippen LogP contribution in [-0.2, 0) is 9.59 Å². The number of amides is 1. The summed E-state index contributed by atoms with van der Waals surface area (Å²) in [6, 6.07) is 0.0573. The number of carboxylic acid groups (broad SMARTS) is 1. The van der Waals surface area contributed by atoms with E-state index in [-0.39, 0.29) is 18.4 Å². The molecule has 1 rings (SSSR count). The number of likely N-dealkylation sites (N-methyl/N-ethyl adjacent to an activating group) is 1. The van der Waals surface area contributed by atoms with Crippen LogP contribution in [0, 0.1) is 11.3 Å². The van der Waals surface area contributed by atoms with Crippen molar-refractivity contribution in [1.82, 2.24) is 10.2 Å². The zero-order chi connectivity index (χ0) is 16.0. The molecule has 1 saturated carbocycles. The highest BCUT2D eigenvalue weighted by Crippen LogP contribution is 2.39. The fraction of sp³-hybridized carbons (Fsp3) is 0.875. The Labute approximate surface area is 128 Å². The zero-order valence-electron chi connectivity index (χ0n) is 13.8. The Balaban J connectivity index is 2.66. The van der Waals surface area contributed by atoms with Crippen LogP contribution in [0.4, 0.5) is 0 Å². The topological polar surface area (TPSA) is 69.6 Å². The Morgan fingerprint density at radius 1 is 1.19 bits per heavy atom. The fourth-order valence-electron chi connectivity index (χ4n) is 3.08. The molecule has 0 heterocycles. The molecule has 0 radical (unpaired) electrons. The first kappa shape index (κ1) is 18.0. The number of aliphatic carboxylic acids is 1.